The second-order valence-electron chi connectivity index (χ2n) is 6.28. The number of rotatable bonds is 3. The number of likely N-dealkylation sites (tertiary alicyclic amines) is 1. The van der Waals surface area contributed by atoms with Crippen LogP contribution in [0.25, 0.3) is 0 Å². The van der Waals surface area contributed by atoms with Gasteiger partial charge in [0.25, 0.3) is 0 Å². The Morgan fingerprint density at radius 1 is 1.24 bits per heavy atom. The molecule has 1 aliphatic heterocycles. The van der Waals surface area contributed by atoms with Crippen LogP contribution < -0.4 is 5.32 Å². The molecule has 0 spiro atoms. The second-order valence-corrected chi connectivity index (χ2v) is 6.28. The molecule has 1 saturated heterocycles. The summed E-state index contributed by atoms with van der Waals surface area (Å²) in [5.41, 5.74) is 0.539. The molecule has 1 aromatic rings. The Labute approximate surface area is 125 Å². The summed E-state index contributed by atoms with van der Waals surface area (Å²) in [4.78, 5) is 14.5. The van der Waals surface area contributed by atoms with Gasteiger partial charge < -0.3 is 5.32 Å². The lowest BCUT2D eigenvalue weighted by Crippen LogP contribution is -2.49. The summed E-state index contributed by atoms with van der Waals surface area (Å²) in [6, 6.07) is 6.65. The normalized spacial score (nSPS) is 26.1. The van der Waals surface area contributed by atoms with Gasteiger partial charge in [-0.05, 0) is 56.3 Å². The number of nitrogens with one attached hydrogen (secondary N) is 1. The van der Waals surface area contributed by atoms with Gasteiger partial charge in [0.05, 0.1) is 6.54 Å². The molecule has 2 aliphatic rings. The number of carbonyl (C=O) groups is 1. The van der Waals surface area contributed by atoms with Crippen molar-refractivity contribution < 1.29 is 9.18 Å². The van der Waals surface area contributed by atoms with Crippen LogP contribution in [0.5, 0.6) is 0 Å². The van der Waals surface area contributed by atoms with E-state index in [2.05, 4.69) is 10.2 Å². The van der Waals surface area contributed by atoms with E-state index in [0.29, 0.717) is 18.3 Å². The molecule has 1 saturated carbocycles. The molecule has 3 nitrogen and oxygen atoms in total. The maximum absolute atomic E-state index is 13.1. The second kappa shape index (κ2) is 6.56. The zero-order valence-electron chi connectivity index (χ0n) is 12.4. The molecule has 21 heavy (non-hydrogen) atoms. The number of fused-ring (bicyclic) bond motifs is 1. The number of amides is 1. The monoisotopic (exact) mass is 290 g/mol. The van der Waals surface area contributed by atoms with Gasteiger partial charge in [-0.1, -0.05) is 18.9 Å². The Kier molecular flexibility index (Phi) is 4.54. The Morgan fingerprint density at radius 2 is 2.05 bits per heavy atom. The molecular formula is C17H23FN2O. The maximum Gasteiger partial charge on any atom is 0.238 e. The van der Waals surface area contributed by atoms with Gasteiger partial charge in [-0.15, -0.1) is 0 Å². The van der Waals surface area contributed by atoms with Crippen LogP contribution in [0.4, 0.5) is 10.1 Å². The lowest BCUT2D eigenvalue weighted by molar-refractivity contribution is -0.118. The highest BCUT2D eigenvalue weighted by molar-refractivity contribution is 5.92. The minimum Gasteiger partial charge on any atom is -0.325 e. The molecule has 114 valence electrons. The fraction of sp³-hybridized carbons (Fsp3) is 0.588. The summed E-state index contributed by atoms with van der Waals surface area (Å²) >= 11 is 0. The topological polar surface area (TPSA) is 32.3 Å². The Bertz CT molecular complexity index is 503. The van der Waals surface area contributed by atoms with E-state index in [1.165, 1.54) is 50.7 Å². The van der Waals surface area contributed by atoms with Crippen molar-refractivity contribution in [3.63, 3.8) is 0 Å². The van der Waals surface area contributed by atoms with Gasteiger partial charge in [0.15, 0.2) is 0 Å². The molecule has 0 radical (unpaired) electrons. The van der Waals surface area contributed by atoms with E-state index in [4.69, 9.17) is 0 Å². The number of carbonyl (C=O) groups excluding carboxylic acids is 1. The summed E-state index contributed by atoms with van der Waals surface area (Å²) in [6.07, 6.45) is 7.65. The predicted octanol–water partition coefficient (Wildman–Crippen LogP) is 3.42. The van der Waals surface area contributed by atoms with Crippen molar-refractivity contribution in [3.05, 3.63) is 30.1 Å². The van der Waals surface area contributed by atoms with Crippen LogP contribution in [0, 0.1) is 11.7 Å². The Morgan fingerprint density at radius 3 is 2.90 bits per heavy atom. The van der Waals surface area contributed by atoms with Gasteiger partial charge >= 0.3 is 0 Å². The lowest BCUT2D eigenvalue weighted by Gasteiger charge is -2.43. The van der Waals surface area contributed by atoms with Gasteiger partial charge in [-0.25, -0.2) is 4.39 Å². The summed E-state index contributed by atoms with van der Waals surface area (Å²) in [5, 5.41) is 2.80. The van der Waals surface area contributed by atoms with Crippen LogP contribution in [0.15, 0.2) is 24.3 Å². The van der Waals surface area contributed by atoms with E-state index >= 15 is 0 Å². The molecule has 0 unspecified atom stereocenters. The van der Waals surface area contributed by atoms with Gasteiger partial charge in [0.1, 0.15) is 5.82 Å². The molecule has 1 aromatic carbocycles. The van der Waals surface area contributed by atoms with E-state index in [1.54, 1.807) is 12.1 Å². The zero-order chi connectivity index (χ0) is 14.7. The van der Waals surface area contributed by atoms with Gasteiger partial charge in [0, 0.05) is 11.7 Å². The smallest absolute Gasteiger partial charge is 0.238 e. The molecule has 3 rings (SSSR count). The van der Waals surface area contributed by atoms with Crippen LogP contribution >= 0.6 is 0 Å². The molecule has 1 amide bonds. The van der Waals surface area contributed by atoms with Gasteiger partial charge in [0.2, 0.25) is 5.91 Å². The molecule has 2 fully saturated rings. The van der Waals surface area contributed by atoms with Crippen molar-refractivity contribution in [2.24, 2.45) is 5.92 Å². The van der Waals surface area contributed by atoms with E-state index in [0.717, 1.165) is 12.5 Å². The van der Waals surface area contributed by atoms with E-state index in [9.17, 15) is 9.18 Å². The minimum absolute atomic E-state index is 0.0353. The van der Waals surface area contributed by atoms with Crippen molar-refractivity contribution in [2.75, 3.05) is 18.4 Å². The van der Waals surface area contributed by atoms with Gasteiger partial charge in [-0.3, -0.25) is 9.69 Å². The van der Waals surface area contributed by atoms with Crippen LogP contribution in [0.1, 0.15) is 38.5 Å². The van der Waals surface area contributed by atoms with E-state index in [-0.39, 0.29) is 11.7 Å². The van der Waals surface area contributed by atoms with Crippen LogP contribution in [0.3, 0.4) is 0 Å². The van der Waals surface area contributed by atoms with Crippen molar-refractivity contribution in [2.45, 2.75) is 44.6 Å². The first-order valence-corrected chi connectivity index (χ1v) is 8.02. The van der Waals surface area contributed by atoms with Crippen molar-refractivity contribution in [1.82, 2.24) is 4.90 Å². The summed E-state index contributed by atoms with van der Waals surface area (Å²) < 4.78 is 13.1. The molecule has 2 atom stereocenters. The SMILES string of the molecule is O=C(CN1CCC[C@@H]2CCCC[C@@H]21)Nc1cccc(F)c1. The first kappa shape index (κ1) is 14.5. The Balaban J connectivity index is 1.58. The molecule has 4 heteroatoms. The van der Waals surface area contributed by atoms with E-state index < -0.39 is 0 Å². The third-order valence-electron chi connectivity index (χ3n) is 4.81. The number of hydrogen-bond donors (Lipinski definition) is 1. The number of hydrogen-bond acceptors (Lipinski definition) is 2. The fourth-order valence-electron chi connectivity index (χ4n) is 3.88. The van der Waals surface area contributed by atoms with Crippen LogP contribution in [-0.4, -0.2) is 29.9 Å². The van der Waals surface area contributed by atoms with E-state index in [1.807, 2.05) is 0 Å². The lowest BCUT2D eigenvalue weighted by atomic mass is 9.78. The predicted molar refractivity (Wildman–Crippen MR) is 81.6 cm³/mol. The molecule has 1 N–H and O–H groups in total. The number of benzene rings is 1. The molecule has 0 aromatic heterocycles. The van der Waals surface area contributed by atoms with Gasteiger partial charge in [-0.2, -0.15) is 0 Å². The highest BCUT2D eigenvalue weighted by Crippen LogP contribution is 2.35. The summed E-state index contributed by atoms with van der Waals surface area (Å²) in [6.45, 7) is 1.44. The standard InChI is InChI=1S/C17H23FN2O/c18-14-7-3-8-15(11-14)19-17(21)12-20-10-4-6-13-5-1-2-9-16(13)20/h3,7-8,11,13,16H,1-2,4-6,9-10,12H2,(H,19,21)/t13-,16-/m0/s1. The molecule has 1 aliphatic carbocycles. The van der Waals surface area contributed by atoms with Crippen molar-refractivity contribution >= 4 is 11.6 Å². The molecular weight excluding hydrogens is 267 g/mol. The largest absolute Gasteiger partial charge is 0.325 e. The van der Waals surface area contributed by atoms with Crippen molar-refractivity contribution in [1.29, 1.82) is 0 Å². The van der Waals surface area contributed by atoms with Crippen LogP contribution in [0.2, 0.25) is 0 Å². The zero-order valence-corrected chi connectivity index (χ0v) is 12.4. The number of halogens is 1. The number of nitrogens with zero attached hydrogens (tertiary/aromatic N) is 1. The number of piperidine rings is 1. The average Bonchev–Trinajstić information content (AvgIpc) is 2.47. The fourth-order valence-corrected chi connectivity index (χ4v) is 3.88. The first-order chi connectivity index (χ1) is 10.2. The average molecular weight is 290 g/mol. The number of anilines is 1. The third kappa shape index (κ3) is 3.62. The summed E-state index contributed by atoms with van der Waals surface area (Å²) in [7, 11) is 0. The van der Waals surface area contributed by atoms with Crippen molar-refractivity contribution in [3.8, 4) is 0 Å². The van der Waals surface area contributed by atoms with Crippen LogP contribution in [-0.2, 0) is 4.79 Å². The highest BCUT2D eigenvalue weighted by Gasteiger charge is 2.33. The quantitative estimate of drug-likeness (QED) is 0.925. The maximum atomic E-state index is 13.1. The Hall–Kier alpha value is -1.42. The minimum atomic E-state index is -0.321. The highest BCUT2D eigenvalue weighted by atomic mass is 19.1. The molecule has 0 bridgehead atoms. The summed E-state index contributed by atoms with van der Waals surface area (Å²) in [5.74, 6) is 0.416. The molecule has 1 heterocycles. The third-order valence-corrected chi connectivity index (χ3v) is 4.81. The first-order valence-electron chi connectivity index (χ1n) is 8.02.